The Morgan fingerprint density at radius 1 is 1.25 bits per heavy atom. The normalized spacial score (nSPS) is 15.5. The fourth-order valence-corrected chi connectivity index (χ4v) is 2.38. The van der Waals surface area contributed by atoms with Gasteiger partial charge in [0.25, 0.3) is 0 Å². The van der Waals surface area contributed by atoms with E-state index in [4.69, 9.17) is 0 Å². The molecule has 1 N–H and O–H groups in total. The predicted molar refractivity (Wildman–Crippen MR) is 63.7 cm³/mol. The van der Waals surface area contributed by atoms with E-state index in [1.807, 2.05) is 0 Å². The monoisotopic (exact) mass is 309 g/mol. The first-order valence-corrected chi connectivity index (χ1v) is 6.96. The van der Waals surface area contributed by atoms with Crippen molar-refractivity contribution in [3.63, 3.8) is 0 Å². The van der Waals surface area contributed by atoms with Crippen LogP contribution in [0.3, 0.4) is 0 Å². The highest BCUT2D eigenvalue weighted by molar-refractivity contribution is 7.88. The van der Waals surface area contributed by atoms with Gasteiger partial charge in [0.15, 0.2) is 5.75 Å². The molecule has 0 fully saturated rings. The first-order chi connectivity index (χ1) is 9.12. The van der Waals surface area contributed by atoms with Gasteiger partial charge in [-0.25, -0.2) is 0 Å². The fourth-order valence-electron chi connectivity index (χ4n) is 1.83. The summed E-state index contributed by atoms with van der Waals surface area (Å²) in [6.07, 6.45) is 0.171. The van der Waals surface area contributed by atoms with E-state index in [1.54, 1.807) is 0 Å². The summed E-state index contributed by atoms with van der Waals surface area (Å²) in [4.78, 5) is 11.2. The van der Waals surface area contributed by atoms with Crippen LogP contribution in [-0.4, -0.2) is 19.8 Å². The van der Waals surface area contributed by atoms with Crippen molar-refractivity contribution in [2.45, 2.75) is 25.3 Å². The Morgan fingerprint density at radius 3 is 2.50 bits per heavy atom. The SMILES string of the molecule is Cc1ccc2c(c1OS(=O)(=O)C(F)(F)F)CCC(=O)N2. The van der Waals surface area contributed by atoms with Crippen LogP contribution in [0.4, 0.5) is 18.9 Å². The zero-order chi connectivity index (χ0) is 15.1. The second-order valence-electron chi connectivity index (χ2n) is 4.27. The molecule has 110 valence electrons. The van der Waals surface area contributed by atoms with Crippen molar-refractivity contribution in [1.29, 1.82) is 0 Å². The van der Waals surface area contributed by atoms with Crippen LogP contribution in [0.5, 0.6) is 5.75 Å². The number of halogens is 3. The minimum Gasteiger partial charge on any atom is -0.375 e. The van der Waals surface area contributed by atoms with E-state index in [0.717, 1.165) is 0 Å². The highest BCUT2D eigenvalue weighted by Gasteiger charge is 2.49. The zero-order valence-corrected chi connectivity index (χ0v) is 11.1. The maximum Gasteiger partial charge on any atom is 0.534 e. The summed E-state index contributed by atoms with van der Waals surface area (Å²) in [5.41, 5.74) is -4.75. The van der Waals surface area contributed by atoms with Gasteiger partial charge >= 0.3 is 15.6 Å². The van der Waals surface area contributed by atoms with Crippen molar-refractivity contribution in [3.8, 4) is 5.75 Å². The maximum absolute atomic E-state index is 12.4. The molecule has 0 bridgehead atoms. The average molecular weight is 309 g/mol. The van der Waals surface area contributed by atoms with E-state index >= 15 is 0 Å². The number of fused-ring (bicyclic) bond motifs is 1. The van der Waals surface area contributed by atoms with Crippen LogP contribution in [-0.2, 0) is 21.3 Å². The molecule has 0 spiro atoms. The lowest BCUT2D eigenvalue weighted by Gasteiger charge is -2.21. The van der Waals surface area contributed by atoms with Gasteiger partial charge in [-0.1, -0.05) is 6.07 Å². The summed E-state index contributed by atoms with van der Waals surface area (Å²) in [6.45, 7) is 1.43. The van der Waals surface area contributed by atoms with Gasteiger partial charge in [0.05, 0.1) is 0 Å². The first kappa shape index (κ1) is 14.6. The van der Waals surface area contributed by atoms with Gasteiger partial charge in [0.2, 0.25) is 5.91 Å². The number of amides is 1. The third-order valence-electron chi connectivity index (χ3n) is 2.81. The smallest absolute Gasteiger partial charge is 0.375 e. The summed E-state index contributed by atoms with van der Waals surface area (Å²) < 4.78 is 63.5. The molecule has 20 heavy (non-hydrogen) atoms. The highest BCUT2D eigenvalue weighted by Crippen LogP contribution is 2.37. The number of alkyl halides is 3. The number of carbonyl (C=O) groups is 1. The van der Waals surface area contributed by atoms with Crippen LogP contribution in [0, 0.1) is 6.92 Å². The Bertz CT molecular complexity index is 667. The lowest BCUT2D eigenvalue weighted by molar-refractivity contribution is -0.116. The standard InChI is InChI=1S/C11H10F3NO4S/c1-6-2-4-8-7(3-5-9(16)15-8)10(6)19-20(17,18)11(12,13)14/h2,4H,3,5H2,1H3,(H,15,16). The number of benzene rings is 1. The molecule has 0 radical (unpaired) electrons. The van der Waals surface area contributed by atoms with Crippen molar-refractivity contribution in [2.75, 3.05) is 5.32 Å². The van der Waals surface area contributed by atoms with Crippen LogP contribution in [0.1, 0.15) is 17.5 Å². The van der Waals surface area contributed by atoms with E-state index in [1.165, 1.54) is 19.1 Å². The minimum atomic E-state index is -5.73. The molecule has 1 heterocycles. The number of rotatable bonds is 2. The molecule has 5 nitrogen and oxygen atoms in total. The van der Waals surface area contributed by atoms with Gasteiger partial charge < -0.3 is 9.50 Å². The van der Waals surface area contributed by atoms with Crippen LogP contribution >= 0.6 is 0 Å². The van der Waals surface area contributed by atoms with E-state index in [-0.39, 0.29) is 41.3 Å². The molecule has 0 aliphatic carbocycles. The summed E-state index contributed by atoms with van der Waals surface area (Å²) >= 11 is 0. The topological polar surface area (TPSA) is 72.5 Å². The molecular weight excluding hydrogens is 299 g/mol. The summed E-state index contributed by atoms with van der Waals surface area (Å²) in [5.74, 6) is -0.661. The second kappa shape index (κ2) is 4.65. The third kappa shape index (κ3) is 2.58. The number of hydrogen-bond donors (Lipinski definition) is 1. The van der Waals surface area contributed by atoms with Crippen LogP contribution in [0.2, 0.25) is 0 Å². The number of hydrogen-bond acceptors (Lipinski definition) is 4. The lowest BCUT2D eigenvalue weighted by atomic mass is 9.99. The Labute approximate surface area is 112 Å². The van der Waals surface area contributed by atoms with Crippen LogP contribution in [0.25, 0.3) is 0 Å². The van der Waals surface area contributed by atoms with E-state index in [9.17, 15) is 26.4 Å². The maximum atomic E-state index is 12.4. The molecule has 0 saturated carbocycles. The van der Waals surface area contributed by atoms with E-state index in [2.05, 4.69) is 9.50 Å². The number of aryl methyl sites for hydroxylation is 1. The Hall–Kier alpha value is -1.77. The highest BCUT2D eigenvalue weighted by atomic mass is 32.2. The van der Waals surface area contributed by atoms with Crippen molar-refractivity contribution < 1.29 is 30.6 Å². The lowest BCUT2D eigenvalue weighted by Crippen LogP contribution is -2.29. The molecule has 0 unspecified atom stereocenters. The summed E-state index contributed by atoms with van der Waals surface area (Å²) in [5, 5.41) is 2.46. The molecule has 1 aromatic carbocycles. The van der Waals surface area contributed by atoms with Gasteiger partial charge in [-0.05, 0) is 25.0 Å². The van der Waals surface area contributed by atoms with Crippen LogP contribution < -0.4 is 9.50 Å². The Kier molecular flexibility index (Phi) is 3.41. The molecule has 9 heteroatoms. The van der Waals surface area contributed by atoms with Crippen LogP contribution in [0.15, 0.2) is 12.1 Å². The molecule has 0 aromatic heterocycles. The third-order valence-corrected chi connectivity index (χ3v) is 3.76. The predicted octanol–water partition coefficient (Wildman–Crippen LogP) is 2.11. The number of nitrogens with one attached hydrogen (secondary N) is 1. The minimum absolute atomic E-state index is 0.0544. The van der Waals surface area contributed by atoms with Gasteiger partial charge in [0.1, 0.15) is 0 Å². The molecule has 1 aliphatic rings. The van der Waals surface area contributed by atoms with Crippen molar-refractivity contribution >= 4 is 21.7 Å². The quantitative estimate of drug-likeness (QED) is 0.671. The molecule has 2 rings (SSSR count). The zero-order valence-electron chi connectivity index (χ0n) is 10.2. The molecule has 1 aliphatic heterocycles. The van der Waals surface area contributed by atoms with Gasteiger partial charge in [-0.2, -0.15) is 21.6 Å². The molecule has 1 amide bonds. The van der Waals surface area contributed by atoms with Crippen molar-refractivity contribution in [2.24, 2.45) is 0 Å². The Morgan fingerprint density at radius 2 is 1.90 bits per heavy atom. The molecule has 0 atom stereocenters. The van der Waals surface area contributed by atoms with Gasteiger partial charge in [0, 0.05) is 17.7 Å². The average Bonchev–Trinajstić information content (AvgIpc) is 2.31. The second-order valence-corrected chi connectivity index (χ2v) is 5.81. The molecular formula is C11H10F3NO4S. The summed E-state index contributed by atoms with van der Waals surface area (Å²) in [6, 6.07) is 2.88. The summed E-state index contributed by atoms with van der Waals surface area (Å²) in [7, 11) is -5.73. The molecule has 0 saturated heterocycles. The fraction of sp³-hybridized carbons (Fsp3) is 0.364. The molecule has 1 aromatic rings. The first-order valence-electron chi connectivity index (χ1n) is 5.55. The largest absolute Gasteiger partial charge is 0.534 e. The van der Waals surface area contributed by atoms with E-state index in [0.29, 0.717) is 0 Å². The van der Waals surface area contributed by atoms with E-state index < -0.39 is 15.6 Å². The number of carbonyl (C=O) groups excluding carboxylic acids is 1. The number of anilines is 1. The van der Waals surface area contributed by atoms with Gasteiger partial charge in [-0.3, -0.25) is 4.79 Å². The van der Waals surface area contributed by atoms with Gasteiger partial charge in [-0.15, -0.1) is 0 Å². The van der Waals surface area contributed by atoms with Crippen molar-refractivity contribution in [3.05, 3.63) is 23.3 Å². The van der Waals surface area contributed by atoms with Crippen molar-refractivity contribution in [1.82, 2.24) is 0 Å². The Balaban J connectivity index is 2.48.